The van der Waals surface area contributed by atoms with Gasteiger partial charge < -0.3 is 9.84 Å². The summed E-state index contributed by atoms with van der Waals surface area (Å²) in [5.74, 6) is 0.224. The van der Waals surface area contributed by atoms with E-state index in [0.717, 1.165) is 24.0 Å². The first-order valence-corrected chi connectivity index (χ1v) is 5.85. The van der Waals surface area contributed by atoms with Crippen LogP contribution in [0.3, 0.4) is 0 Å². The largest absolute Gasteiger partial charge is 0.481 e. The van der Waals surface area contributed by atoms with Crippen molar-refractivity contribution in [3.63, 3.8) is 0 Å². The van der Waals surface area contributed by atoms with Crippen molar-refractivity contribution in [1.82, 2.24) is 15.2 Å². The van der Waals surface area contributed by atoms with Crippen molar-refractivity contribution in [3.05, 3.63) is 5.82 Å². The van der Waals surface area contributed by atoms with Gasteiger partial charge in [-0.3, -0.25) is 9.89 Å². The smallest absolute Gasteiger partial charge is 0.313 e. The molecule has 1 unspecified atom stereocenters. The van der Waals surface area contributed by atoms with Gasteiger partial charge in [0.15, 0.2) is 0 Å². The summed E-state index contributed by atoms with van der Waals surface area (Å²) in [5.41, 5.74) is 0. The van der Waals surface area contributed by atoms with Gasteiger partial charge in [0.05, 0.1) is 5.75 Å². The maximum Gasteiger partial charge on any atom is 0.313 e. The molecule has 1 atom stereocenters. The number of hydrogen-bond acceptors (Lipinski definition) is 5. The molecular weight excluding hydrogens is 230 g/mol. The molecule has 0 spiro atoms. The molecule has 0 fully saturated rings. The highest BCUT2D eigenvalue weighted by molar-refractivity contribution is 7.99. The third-order valence-electron chi connectivity index (χ3n) is 1.83. The van der Waals surface area contributed by atoms with Gasteiger partial charge in [-0.05, 0) is 5.92 Å². The fraction of sp³-hybridized carbons (Fsp3) is 0.667. The summed E-state index contributed by atoms with van der Waals surface area (Å²) in [6.07, 6.45) is 0.745. The van der Waals surface area contributed by atoms with Crippen LogP contribution in [0.5, 0.6) is 0 Å². The van der Waals surface area contributed by atoms with Crippen molar-refractivity contribution < 1.29 is 14.6 Å². The topological polar surface area (TPSA) is 88.1 Å². The van der Waals surface area contributed by atoms with Crippen LogP contribution in [0.25, 0.3) is 0 Å². The molecule has 0 aliphatic carbocycles. The van der Waals surface area contributed by atoms with Crippen LogP contribution >= 0.6 is 11.8 Å². The number of aromatic amines is 1. The lowest BCUT2D eigenvalue weighted by Gasteiger charge is -2.06. The number of carbonyl (C=O) groups is 1. The molecule has 0 bridgehead atoms. The molecule has 90 valence electrons. The summed E-state index contributed by atoms with van der Waals surface area (Å²) in [6.45, 7) is 2.72. The minimum atomic E-state index is -0.871. The second-order valence-electron chi connectivity index (χ2n) is 3.51. The lowest BCUT2D eigenvalue weighted by atomic mass is 10.1. The summed E-state index contributed by atoms with van der Waals surface area (Å²) in [7, 11) is 1.66. The van der Waals surface area contributed by atoms with E-state index < -0.39 is 5.97 Å². The minimum Gasteiger partial charge on any atom is -0.481 e. The number of aromatic nitrogens is 3. The third-order valence-corrected chi connectivity index (χ3v) is 2.66. The lowest BCUT2D eigenvalue weighted by Crippen LogP contribution is -2.08. The second-order valence-corrected chi connectivity index (χ2v) is 4.45. The molecule has 7 heteroatoms. The fourth-order valence-corrected chi connectivity index (χ4v) is 1.77. The van der Waals surface area contributed by atoms with Gasteiger partial charge in [-0.25, -0.2) is 4.98 Å². The van der Waals surface area contributed by atoms with Crippen LogP contribution in [0.4, 0.5) is 0 Å². The first-order chi connectivity index (χ1) is 7.61. The summed E-state index contributed by atoms with van der Waals surface area (Å²) < 4.78 is 5.02. The number of aliphatic carboxylic acids is 1. The Labute approximate surface area is 97.8 Å². The van der Waals surface area contributed by atoms with E-state index in [9.17, 15) is 4.79 Å². The van der Waals surface area contributed by atoms with E-state index in [1.807, 2.05) is 0 Å². The number of hydrogen-bond donors (Lipinski definition) is 2. The van der Waals surface area contributed by atoms with Gasteiger partial charge in [-0.15, -0.1) is 5.10 Å². The Morgan fingerprint density at radius 3 is 3.06 bits per heavy atom. The summed E-state index contributed by atoms with van der Waals surface area (Å²) in [5, 5.41) is 15.7. The predicted molar refractivity (Wildman–Crippen MR) is 59.5 cm³/mol. The minimum absolute atomic E-state index is 0.0229. The normalized spacial score (nSPS) is 12.6. The standard InChI is InChI=1S/C9H15N3O3S/c1-6(4-15-2)3-7-10-9(12-11-7)16-5-8(13)14/h6H,3-5H2,1-2H3,(H,13,14)(H,10,11,12). The lowest BCUT2D eigenvalue weighted by molar-refractivity contribution is -0.133. The molecule has 1 heterocycles. The Morgan fingerprint density at radius 1 is 1.69 bits per heavy atom. The van der Waals surface area contributed by atoms with Crippen molar-refractivity contribution in [1.29, 1.82) is 0 Å². The Bertz CT molecular complexity index is 342. The molecule has 0 aliphatic heterocycles. The molecule has 0 aliphatic rings. The average molecular weight is 245 g/mol. The Kier molecular flexibility index (Phi) is 5.27. The van der Waals surface area contributed by atoms with Crippen LogP contribution in [0.2, 0.25) is 0 Å². The van der Waals surface area contributed by atoms with Gasteiger partial charge in [0, 0.05) is 20.1 Å². The molecule has 6 nitrogen and oxygen atoms in total. The van der Waals surface area contributed by atoms with Crippen LogP contribution in [0.15, 0.2) is 5.16 Å². The Hall–Kier alpha value is -1.08. The van der Waals surface area contributed by atoms with E-state index in [0.29, 0.717) is 17.7 Å². The van der Waals surface area contributed by atoms with Crippen molar-refractivity contribution in [2.24, 2.45) is 5.92 Å². The molecule has 0 saturated carbocycles. The first-order valence-electron chi connectivity index (χ1n) is 4.86. The molecular formula is C9H15N3O3S. The number of carboxylic acids is 1. The molecule has 0 amide bonds. The highest BCUT2D eigenvalue weighted by atomic mass is 32.2. The maximum absolute atomic E-state index is 10.3. The Morgan fingerprint density at radius 2 is 2.44 bits per heavy atom. The number of nitrogens with zero attached hydrogens (tertiary/aromatic N) is 2. The summed E-state index contributed by atoms with van der Waals surface area (Å²) in [4.78, 5) is 14.5. The molecule has 0 aromatic carbocycles. The molecule has 0 radical (unpaired) electrons. The number of H-pyrrole nitrogens is 1. The molecule has 0 saturated heterocycles. The van der Waals surface area contributed by atoms with Gasteiger partial charge in [0.1, 0.15) is 5.82 Å². The first kappa shape index (κ1) is 13.0. The number of carboxylic acid groups (broad SMARTS) is 1. The highest BCUT2D eigenvalue weighted by Gasteiger charge is 2.09. The summed E-state index contributed by atoms with van der Waals surface area (Å²) in [6, 6.07) is 0. The molecule has 2 N–H and O–H groups in total. The maximum atomic E-state index is 10.3. The number of rotatable bonds is 7. The van der Waals surface area contributed by atoms with Crippen LogP contribution in [0, 0.1) is 5.92 Å². The van der Waals surface area contributed by atoms with Crippen LogP contribution in [-0.4, -0.2) is 45.7 Å². The number of methoxy groups -OCH3 is 1. The van der Waals surface area contributed by atoms with E-state index in [1.165, 1.54) is 0 Å². The highest BCUT2D eigenvalue weighted by Crippen LogP contribution is 2.13. The van der Waals surface area contributed by atoms with E-state index in [4.69, 9.17) is 9.84 Å². The van der Waals surface area contributed by atoms with Crippen molar-refractivity contribution >= 4 is 17.7 Å². The van der Waals surface area contributed by atoms with Crippen LogP contribution in [-0.2, 0) is 16.0 Å². The zero-order valence-corrected chi connectivity index (χ0v) is 10.1. The SMILES string of the molecule is COCC(C)Cc1nc(SCC(=O)O)n[nH]1. The molecule has 16 heavy (non-hydrogen) atoms. The van der Waals surface area contributed by atoms with Gasteiger partial charge in [-0.1, -0.05) is 18.7 Å². The van der Waals surface area contributed by atoms with E-state index in [2.05, 4.69) is 22.1 Å². The van der Waals surface area contributed by atoms with Crippen molar-refractivity contribution in [3.8, 4) is 0 Å². The van der Waals surface area contributed by atoms with Gasteiger partial charge in [0.2, 0.25) is 5.16 Å². The van der Waals surface area contributed by atoms with Crippen LogP contribution in [0.1, 0.15) is 12.7 Å². The summed E-state index contributed by atoms with van der Waals surface area (Å²) >= 11 is 1.11. The van der Waals surface area contributed by atoms with E-state index >= 15 is 0 Å². The van der Waals surface area contributed by atoms with Gasteiger partial charge >= 0.3 is 5.97 Å². The van der Waals surface area contributed by atoms with Crippen molar-refractivity contribution in [2.75, 3.05) is 19.5 Å². The van der Waals surface area contributed by atoms with Gasteiger partial charge in [0.25, 0.3) is 0 Å². The molecule has 1 aromatic rings. The molecule has 1 aromatic heterocycles. The average Bonchev–Trinajstić information content (AvgIpc) is 2.63. The second kappa shape index (κ2) is 6.49. The van der Waals surface area contributed by atoms with Gasteiger partial charge in [-0.2, -0.15) is 0 Å². The quantitative estimate of drug-likeness (QED) is 0.691. The van der Waals surface area contributed by atoms with Crippen molar-refractivity contribution in [2.45, 2.75) is 18.5 Å². The number of nitrogens with one attached hydrogen (secondary N) is 1. The van der Waals surface area contributed by atoms with Crippen LogP contribution < -0.4 is 0 Å². The number of ether oxygens (including phenoxy) is 1. The molecule has 1 rings (SSSR count). The Balaban J connectivity index is 2.41. The number of thioether (sulfide) groups is 1. The monoisotopic (exact) mass is 245 g/mol. The third kappa shape index (κ3) is 4.63. The zero-order valence-electron chi connectivity index (χ0n) is 9.27. The zero-order chi connectivity index (χ0) is 12.0. The fourth-order valence-electron chi connectivity index (χ4n) is 1.23. The predicted octanol–water partition coefficient (Wildman–Crippen LogP) is 0.806. The van der Waals surface area contributed by atoms with E-state index in [1.54, 1.807) is 7.11 Å². The van der Waals surface area contributed by atoms with E-state index in [-0.39, 0.29) is 5.75 Å².